The maximum Gasteiger partial charge on any atom is 0.336 e. The van der Waals surface area contributed by atoms with E-state index in [2.05, 4.69) is 15.3 Å². The molecule has 118 valence electrons. The first-order valence-corrected chi connectivity index (χ1v) is 7.36. The van der Waals surface area contributed by atoms with Gasteiger partial charge in [0.05, 0.1) is 18.3 Å². The lowest BCUT2D eigenvalue weighted by molar-refractivity contribution is 0.0695. The molecule has 0 aliphatic carbocycles. The lowest BCUT2D eigenvalue weighted by Gasteiger charge is -2.04. The highest BCUT2D eigenvalue weighted by atomic mass is 16.4. The molecule has 0 bridgehead atoms. The highest BCUT2D eigenvalue weighted by Crippen LogP contribution is 2.17. The summed E-state index contributed by atoms with van der Waals surface area (Å²) in [5.74, 6) is -0.953. The summed E-state index contributed by atoms with van der Waals surface area (Å²) in [7, 11) is 0. The Morgan fingerprint density at radius 3 is 2.71 bits per heavy atom. The van der Waals surface area contributed by atoms with Gasteiger partial charge in [0.2, 0.25) is 0 Å². The maximum absolute atomic E-state index is 11.3. The van der Waals surface area contributed by atoms with Crippen molar-refractivity contribution in [2.75, 3.05) is 0 Å². The number of nitrogens with zero attached hydrogens (tertiary/aromatic N) is 5. The zero-order valence-electron chi connectivity index (χ0n) is 12.6. The van der Waals surface area contributed by atoms with Crippen LogP contribution in [0.1, 0.15) is 15.9 Å². The van der Waals surface area contributed by atoms with Gasteiger partial charge in [0, 0.05) is 12.4 Å². The number of hydrogen-bond acceptors (Lipinski definition) is 4. The average Bonchev–Trinajstić information content (AvgIpc) is 3.21. The van der Waals surface area contributed by atoms with E-state index in [1.54, 1.807) is 29.1 Å². The van der Waals surface area contributed by atoms with Crippen molar-refractivity contribution in [1.82, 2.24) is 24.4 Å². The number of imidazole rings is 1. The van der Waals surface area contributed by atoms with E-state index in [4.69, 9.17) is 0 Å². The molecule has 7 heteroatoms. The lowest BCUT2D eigenvalue weighted by Crippen LogP contribution is -2.07. The fourth-order valence-corrected chi connectivity index (χ4v) is 2.59. The molecule has 24 heavy (non-hydrogen) atoms. The second kappa shape index (κ2) is 5.62. The molecule has 7 nitrogen and oxygen atoms in total. The zero-order valence-corrected chi connectivity index (χ0v) is 12.6. The Bertz CT molecular complexity index is 1000. The topological polar surface area (TPSA) is 85.3 Å². The van der Waals surface area contributed by atoms with Crippen LogP contribution in [0.4, 0.5) is 0 Å². The van der Waals surface area contributed by atoms with Crippen LogP contribution in [0.15, 0.2) is 61.1 Å². The molecule has 0 fully saturated rings. The number of carboxylic acids is 1. The SMILES string of the molecule is O=C(O)c1ccccc1Cn1cc(-c2cn3ccccc3n2)nn1. The molecule has 0 spiro atoms. The van der Waals surface area contributed by atoms with Gasteiger partial charge in [-0.25, -0.2) is 14.5 Å². The minimum Gasteiger partial charge on any atom is -0.478 e. The third-order valence-corrected chi connectivity index (χ3v) is 3.75. The molecule has 0 aliphatic rings. The quantitative estimate of drug-likeness (QED) is 0.624. The summed E-state index contributed by atoms with van der Waals surface area (Å²) < 4.78 is 3.52. The number of carbonyl (C=O) groups is 1. The third kappa shape index (κ3) is 2.52. The predicted octanol–water partition coefficient (Wildman–Crippen LogP) is 2.34. The maximum atomic E-state index is 11.3. The molecule has 0 aliphatic heterocycles. The van der Waals surface area contributed by atoms with Gasteiger partial charge in [-0.2, -0.15) is 0 Å². The number of fused-ring (bicyclic) bond motifs is 1. The number of hydrogen-bond donors (Lipinski definition) is 1. The minimum absolute atomic E-state index is 0.266. The monoisotopic (exact) mass is 319 g/mol. The summed E-state index contributed by atoms with van der Waals surface area (Å²) in [6.45, 7) is 0.336. The standard InChI is InChI=1S/C17H13N5O2/c23-17(24)13-6-2-1-5-12(13)9-22-11-15(19-20-22)14-10-21-8-4-3-7-16(21)18-14/h1-8,10-11H,9H2,(H,23,24). The Hall–Kier alpha value is -3.48. The predicted molar refractivity (Wildman–Crippen MR) is 86.7 cm³/mol. The van der Waals surface area contributed by atoms with Crippen LogP contribution in [0.2, 0.25) is 0 Å². The van der Waals surface area contributed by atoms with Crippen LogP contribution < -0.4 is 0 Å². The van der Waals surface area contributed by atoms with E-state index in [-0.39, 0.29) is 5.56 Å². The number of benzene rings is 1. The first-order chi connectivity index (χ1) is 11.7. The van der Waals surface area contributed by atoms with E-state index >= 15 is 0 Å². The largest absolute Gasteiger partial charge is 0.478 e. The summed E-state index contributed by atoms with van der Waals surface area (Å²) in [4.78, 5) is 15.8. The van der Waals surface area contributed by atoms with E-state index in [1.165, 1.54) is 0 Å². The fourth-order valence-electron chi connectivity index (χ4n) is 2.59. The first kappa shape index (κ1) is 14.1. The van der Waals surface area contributed by atoms with Crippen molar-refractivity contribution in [3.05, 3.63) is 72.2 Å². The van der Waals surface area contributed by atoms with Gasteiger partial charge in [-0.05, 0) is 23.8 Å². The van der Waals surface area contributed by atoms with Crippen molar-refractivity contribution < 1.29 is 9.90 Å². The summed E-state index contributed by atoms with van der Waals surface area (Å²) in [6.07, 6.45) is 5.56. The van der Waals surface area contributed by atoms with Gasteiger partial charge < -0.3 is 9.51 Å². The molecule has 1 N–H and O–H groups in total. The summed E-state index contributed by atoms with van der Waals surface area (Å²) in [5.41, 5.74) is 3.14. The molecule has 0 atom stereocenters. The number of carboxylic acid groups (broad SMARTS) is 1. The van der Waals surface area contributed by atoms with Crippen LogP contribution in [-0.2, 0) is 6.54 Å². The zero-order chi connectivity index (χ0) is 16.5. The first-order valence-electron chi connectivity index (χ1n) is 7.36. The van der Waals surface area contributed by atoms with E-state index in [1.807, 2.05) is 41.1 Å². The Balaban J connectivity index is 1.65. The van der Waals surface area contributed by atoms with Crippen molar-refractivity contribution in [2.24, 2.45) is 0 Å². The van der Waals surface area contributed by atoms with Crippen molar-refractivity contribution in [3.8, 4) is 11.4 Å². The van der Waals surface area contributed by atoms with Crippen molar-refractivity contribution in [1.29, 1.82) is 0 Å². The number of rotatable bonds is 4. The van der Waals surface area contributed by atoms with Crippen LogP contribution in [0.3, 0.4) is 0 Å². The minimum atomic E-state index is -0.953. The highest BCUT2D eigenvalue weighted by Gasteiger charge is 2.12. The van der Waals surface area contributed by atoms with Crippen LogP contribution in [0.5, 0.6) is 0 Å². The molecule has 0 saturated heterocycles. The summed E-state index contributed by atoms with van der Waals surface area (Å²) in [5, 5.41) is 17.5. The average molecular weight is 319 g/mol. The van der Waals surface area contributed by atoms with Crippen molar-refractivity contribution >= 4 is 11.6 Å². The smallest absolute Gasteiger partial charge is 0.336 e. The number of pyridine rings is 1. The van der Waals surface area contributed by atoms with Crippen LogP contribution >= 0.6 is 0 Å². The number of aromatic nitrogens is 5. The van der Waals surface area contributed by atoms with Gasteiger partial charge >= 0.3 is 5.97 Å². The van der Waals surface area contributed by atoms with Gasteiger partial charge in [0.25, 0.3) is 0 Å². The number of aromatic carboxylic acids is 1. The Kier molecular flexibility index (Phi) is 3.31. The van der Waals surface area contributed by atoms with Gasteiger partial charge in [0.15, 0.2) is 0 Å². The van der Waals surface area contributed by atoms with Crippen LogP contribution in [0, 0.1) is 0 Å². The van der Waals surface area contributed by atoms with Crippen LogP contribution in [-0.4, -0.2) is 35.5 Å². The summed E-state index contributed by atoms with van der Waals surface area (Å²) in [6, 6.07) is 12.6. The molecule has 3 aromatic heterocycles. The Morgan fingerprint density at radius 1 is 1.04 bits per heavy atom. The van der Waals surface area contributed by atoms with E-state index in [0.29, 0.717) is 17.8 Å². The van der Waals surface area contributed by atoms with E-state index in [9.17, 15) is 9.90 Å². The van der Waals surface area contributed by atoms with Gasteiger partial charge in [-0.3, -0.25) is 0 Å². The molecular weight excluding hydrogens is 306 g/mol. The van der Waals surface area contributed by atoms with Crippen LogP contribution in [0.25, 0.3) is 17.0 Å². The molecule has 1 aromatic carbocycles. The Morgan fingerprint density at radius 2 is 1.88 bits per heavy atom. The molecular formula is C17H13N5O2. The molecule has 3 heterocycles. The third-order valence-electron chi connectivity index (χ3n) is 3.75. The highest BCUT2D eigenvalue weighted by molar-refractivity contribution is 5.89. The molecule has 4 rings (SSSR count). The van der Waals surface area contributed by atoms with Crippen molar-refractivity contribution in [3.63, 3.8) is 0 Å². The lowest BCUT2D eigenvalue weighted by atomic mass is 10.1. The second-order valence-corrected chi connectivity index (χ2v) is 5.36. The van der Waals surface area contributed by atoms with Gasteiger partial charge in [0.1, 0.15) is 17.0 Å². The molecule has 0 saturated carbocycles. The van der Waals surface area contributed by atoms with E-state index < -0.39 is 5.97 Å². The molecule has 0 amide bonds. The fraction of sp³-hybridized carbons (Fsp3) is 0.0588. The normalized spacial score (nSPS) is 11.0. The van der Waals surface area contributed by atoms with E-state index in [0.717, 1.165) is 11.3 Å². The molecule has 0 unspecified atom stereocenters. The summed E-state index contributed by atoms with van der Waals surface area (Å²) >= 11 is 0. The molecule has 0 radical (unpaired) electrons. The van der Waals surface area contributed by atoms with Gasteiger partial charge in [-0.15, -0.1) is 5.10 Å². The Labute approximate surface area is 136 Å². The van der Waals surface area contributed by atoms with Gasteiger partial charge in [-0.1, -0.05) is 29.5 Å². The van der Waals surface area contributed by atoms with Crippen molar-refractivity contribution in [2.45, 2.75) is 6.54 Å². The second-order valence-electron chi connectivity index (χ2n) is 5.36. The molecule has 4 aromatic rings.